The predicted octanol–water partition coefficient (Wildman–Crippen LogP) is 6.44. The summed E-state index contributed by atoms with van der Waals surface area (Å²) in [5.41, 5.74) is 3.92. The number of thioether (sulfide) groups is 1. The molecule has 0 aliphatic heterocycles. The second-order valence-corrected chi connectivity index (χ2v) is 10.8. The van der Waals surface area contributed by atoms with E-state index in [4.69, 9.17) is 9.84 Å². The molecule has 5 nitrogen and oxygen atoms in total. The molecule has 2 aromatic rings. The number of carboxylic acids is 1. The smallest absolute Gasteiger partial charge is 0.307 e. The Hall–Kier alpha value is -2.31. The highest BCUT2D eigenvalue weighted by atomic mass is 32.2. The van der Waals surface area contributed by atoms with Gasteiger partial charge in [0.25, 0.3) is 0 Å². The second kappa shape index (κ2) is 16.4. The van der Waals surface area contributed by atoms with E-state index in [2.05, 4.69) is 73.8 Å². The second-order valence-electron chi connectivity index (χ2n) is 9.66. The van der Waals surface area contributed by atoms with Crippen LogP contribution in [0, 0.1) is 12.3 Å². The Balaban J connectivity index is 1.72. The summed E-state index contributed by atoms with van der Waals surface area (Å²) in [6, 6.07) is 19.5. The quantitative estimate of drug-likeness (QED) is 0.238. The molecule has 197 valence electrons. The van der Waals surface area contributed by atoms with Crippen LogP contribution in [0.5, 0.6) is 0 Å². The number of aliphatic carboxylic acids is 1. The lowest BCUT2D eigenvalue weighted by atomic mass is 9.84. The lowest BCUT2D eigenvalue weighted by molar-refractivity contribution is -0.133. The molecule has 0 aliphatic carbocycles. The fraction of sp³-hybridized carbons (Fsp3) is 0.500. The van der Waals surface area contributed by atoms with E-state index in [9.17, 15) is 9.59 Å². The van der Waals surface area contributed by atoms with Gasteiger partial charge in [-0.15, -0.1) is 0 Å². The Morgan fingerprint density at radius 2 is 1.72 bits per heavy atom. The zero-order valence-electron chi connectivity index (χ0n) is 22.1. The average Bonchev–Trinajstić information content (AvgIpc) is 2.86. The topological polar surface area (TPSA) is 75.6 Å². The number of hydrogen-bond acceptors (Lipinski definition) is 4. The van der Waals surface area contributed by atoms with Gasteiger partial charge < -0.3 is 15.2 Å². The lowest BCUT2D eigenvalue weighted by Crippen LogP contribution is -2.37. The van der Waals surface area contributed by atoms with Gasteiger partial charge in [-0.3, -0.25) is 9.59 Å². The third-order valence-corrected chi connectivity index (χ3v) is 7.38. The first-order valence-electron chi connectivity index (χ1n) is 13.0. The molecule has 0 aromatic heterocycles. The number of rotatable bonds is 17. The van der Waals surface area contributed by atoms with Crippen LogP contribution in [0.2, 0.25) is 0 Å². The Bertz CT molecular complexity index is 901. The summed E-state index contributed by atoms with van der Waals surface area (Å²) in [4.78, 5) is 23.2. The van der Waals surface area contributed by atoms with Crippen LogP contribution in [0.15, 0.2) is 54.6 Å². The van der Waals surface area contributed by atoms with Gasteiger partial charge >= 0.3 is 5.97 Å². The molecular formula is C30H42NO4S. The number of nitrogens with one attached hydrogen (secondary N) is 1. The molecule has 0 saturated heterocycles. The van der Waals surface area contributed by atoms with E-state index in [0.717, 1.165) is 30.6 Å². The summed E-state index contributed by atoms with van der Waals surface area (Å²) < 4.78 is 5.84. The molecule has 3 unspecified atom stereocenters. The van der Waals surface area contributed by atoms with E-state index in [0.29, 0.717) is 30.8 Å². The van der Waals surface area contributed by atoms with Crippen molar-refractivity contribution in [2.24, 2.45) is 5.92 Å². The minimum atomic E-state index is -0.993. The molecular weight excluding hydrogens is 470 g/mol. The molecule has 0 heterocycles. The maximum absolute atomic E-state index is 12.3. The van der Waals surface area contributed by atoms with Crippen LogP contribution in [0.1, 0.15) is 75.5 Å². The van der Waals surface area contributed by atoms with Gasteiger partial charge in [-0.25, -0.2) is 0 Å². The summed E-state index contributed by atoms with van der Waals surface area (Å²) in [5, 5.41) is 11.8. The fourth-order valence-corrected chi connectivity index (χ4v) is 5.17. The standard InChI is InChI=1S/C30H42NO4S/c1-5-25(27-9-7-6-8-10-27)19-23(4)26-13-11-24(12-14-26)20-35-17-18-36-21-28(15-16-29(32)33)30(34)31-22(2)3/h6-14,16,22-23,25,28H,5,15,17-21H2,1-4H3,(H,31,34)(H,32,33). The number of amides is 1. The van der Waals surface area contributed by atoms with Gasteiger partial charge in [-0.1, -0.05) is 68.4 Å². The molecule has 2 N–H and O–H groups in total. The monoisotopic (exact) mass is 512 g/mol. The van der Waals surface area contributed by atoms with Gasteiger partial charge in [0.2, 0.25) is 5.91 Å². The van der Waals surface area contributed by atoms with Crippen molar-refractivity contribution in [1.82, 2.24) is 5.32 Å². The van der Waals surface area contributed by atoms with Crippen molar-refractivity contribution in [2.45, 2.75) is 71.4 Å². The van der Waals surface area contributed by atoms with Gasteiger partial charge in [0, 0.05) is 23.5 Å². The predicted molar refractivity (Wildman–Crippen MR) is 149 cm³/mol. The van der Waals surface area contributed by atoms with Crippen LogP contribution in [0.4, 0.5) is 0 Å². The summed E-state index contributed by atoms with van der Waals surface area (Å²) in [6.45, 7) is 9.50. The third kappa shape index (κ3) is 11.2. The average molecular weight is 513 g/mol. The summed E-state index contributed by atoms with van der Waals surface area (Å²) in [6.07, 6.45) is 3.67. The molecule has 2 rings (SSSR count). The highest BCUT2D eigenvalue weighted by molar-refractivity contribution is 7.99. The first-order chi connectivity index (χ1) is 17.3. The zero-order chi connectivity index (χ0) is 26.3. The van der Waals surface area contributed by atoms with Crippen LogP contribution in [0.25, 0.3) is 0 Å². The molecule has 0 fully saturated rings. The summed E-state index contributed by atoms with van der Waals surface area (Å²) in [7, 11) is 0. The first-order valence-corrected chi connectivity index (χ1v) is 14.1. The van der Waals surface area contributed by atoms with Crippen LogP contribution in [0.3, 0.4) is 0 Å². The van der Waals surface area contributed by atoms with Gasteiger partial charge in [-0.2, -0.15) is 11.8 Å². The number of carboxylic acid groups (broad SMARTS) is 1. The van der Waals surface area contributed by atoms with Gasteiger partial charge in [0.15, 0.2) is 0 Å². The maximum Gasteiger partial charge on any atom is 0.307 e. The van der Waals surface area contributed by atoms with Gasteiger partial charge in [0.05, 0.1) is 19.6 Å². The summed E-state index contributed by atoms with van der Waals surface area (Å²) in [5.74, 6) is 0.940. The van der Waals surface area contributed by atoms with E-state index in [1.807, 2.05) is 13.8 Å². The minimum absolute atomic E-state index is 0.0319. The van der Waals surface area contributed by atoms with Crippen LogP contribution in [-0.2, 0) is 20.9 Å². The van der Waals surface area contributed by atoms with Crippen molar-refractivity contribution < 1.29 is 19.4 Å². The van der Waals surface area contributed by atoms with Crippen molar-refractivity contribution >= 4 is 23.6 Å². The van der Waals surface area contributed by atoms with Crippen LogP contribution >= 0.6 is 11.8 Å². The van der Waals surface area contributed by atoms with Crippen LogP contribution < -0.4 is 5.32 Å². The number of ether oxygens (including phenoxy) is 1. The largest absolute Gasteiger partial charge is 0.481 e. The molecule has 3 atom stereocenters. The van der Waals surface area contributed by atoms with E-state index in [1.165, 1.54) is 11.1 Å². The molecule has 2 aromatic carbocycles. The van der Waals surface area contributed by atoms with Crippen molar-refractivity contribution in [3.8, 4) is 0 Å². The molecule has 6 heteroatoms. The van der Waals surface area contributed by atoms with Gasteiger partial charge in [-0.05, 0) is 61.6 Å². The van der Waals surface area contributed by atoms with Gasteiger partial charge in [0.1, 0.15) is 0 Å². The zero-order valence-corrected chi connectivity index (χ0v) is 22.9. The van der Waals surface area contributed by atoms with Crippen molar-refractivity contribution in [1.29, 1.82) is 0 Å². The van der Waals surface area contributed by atoms with E-state index in [-0.39, 0.29) is 24.3 Å². The third-order valence-electron chi connectivity index (χ3n) is 6.29. The minimum Gasteiger partial charge on any atom is -0.481 e. The number of benzene rings is 2. The molecule has 36 heavy (non-hydrogen) atoms. The Morgan fingerprint density at radius 3 is 2.33 bits per heavy atom. The molecule has 1 radical (unpaired) electrons. The van der Waals surface area contributed by atoms with Crippen molar-refractivity contribution in [3.05, 3.63) is 77.7 Å². The van der Waals surface area contributed by atoms with Crippen LogP contribution in [-0.4, -0.2) is 41.1 Å². The normalized spacial score (nSPS) is 13.8. The van der Waals surface area contributed by atoms with Crippen molar-refractivity contribution in [3.63, 3.8) is 0 Å². The summed E-state index contributed by atoms with van der Waals surface area (Å²) >= 11 is 1.62. The number of carbonyl (C=O) groups excluding carboxylic acids is 1. The maximum atomic E-state index is 12.3. The molecule has 0 aliphatic rings. The van der Waals surface area contributed by atoms with E-state index < -0.39 is 5.97 Å². The Labute approximate surface area is 221 Å². The highest BCUT2D eigenvalue weighted by Crippen LogP contribution is 2.32. The first kappa shape index (κ1) is 29.9. The molecule has 0 bridgehead atoms. The number of hydrogen-bond donors (Lipinski definition) is 2. The SMILES string of the molecule is CCC(CC(C)c1ccc(COCCSCC(C[CH]C(=O)O)C(=O)NC(C)C)cc1)c1ccccc1. The number of carbonyl (C=O) groups is 2. The molecule has 0 spiro atoms. The Morgan fingerprint density at radius 1 is 1.03 bits per heavy atom. The van der Waals surface area contributed by atoms with E-state index in [1.54, 1.807) is 11.8 Å². The fourth-order valence-electron chi connectivity index (χ4n) is 4.20. The van der Waals surface area contributed by atoms with E-state index >= 15 is 0 Å². The molecule has 0 saturated carbocycles. The highest BCUT2D eigenvalue weighted by Gasteiger charge is 2.20. The lowest BCUT2D eigenvalue weighted by Gasteiger charge is -2.21. The molecule has 1 amide bonds. The van der Waals surface area contributed by atoms with Crippen molar-refractivity contribution in [2.75, 3.05) is 18.1 Å². The Kier molecular flexibility index (Phi) is 13.7.